The Labute approximate surface area is 101 Å². The van der Waals surface area contributed by atoms with Gasteiger partial charge in [-0.1, -0.05) is 0 Å². The first-order valence-corrected chi connectivity index (χ1v) is 7.47. The largest absolute Gasteiger partial charge is 0.308 e. The molecule has 1 unspecified atom stereocenters. The molecule has 0 bridgehead atoms. The highest BCUT2D eigenvalue weighted by atomic mass is 32.2. The molecule has 0 aromatic heterocycles. The van der Waals surface area contributed by atoms with E-state index in [0.717, 1.165) is 31.7 Å². The van der Waals surface area contributed by atoms with Crippen LogP contribution in [-0.2, 0) is 15.4 Å². The minimum Gasteiger partial charge on any atom is -0.308 e. The second-order valence-electron chi connectivity index (χ2n) is 4.81. The number of hydrogen-bond donors (Lipinski definition) is 1. The quantitative estimate of drug-likeness (QED) is 0.879. The summed E-state index contributed by atoms with van der Waals surface area (Å²) in [4.78, 5) is 0.0439. The minimum absolute atomic E-state index is 0.0439. The van der Waals surface area contributed by atoms with Gasteiger partial charge in [0.2, 0.25) is 0 Å². The molecule has 94 valence electrons. The van der Waals surface area contributed by atoms with Crippen molar-refractivity contribution in [3.8, 4) is 0 Å². The van der Waals surface area contributed by atoms with Crippen LogP contribution in [0.3, 0.4) is 0 Å². The van der Waals surface area contributed by atoms with Gasteiger partial charge in [-0.3, -0.25) is 0 Å². The highest BCUT2D eigenvalue weighted by Gasteiger charge is 2.31. The summed E-state index contributed by atoms with van der Waals surface area (Å²) in [7, 11) is -3.37. The molecular weight excluding hydrogens is 241 g/mol. The monoisotopic (exact) mass is 257 g/mol. The lowest BCUT2D eigenvalue weighted by Gasteiger charge is -2.25. The van der Waals surface area contributed by atoms with Crippen molar-refractivity contribution in [2.24, 2.45) is 0 Å². The maximum Gasteiger partial charge on any atom is 0.175 e. The van der Waals surface area contributed by atoms with Crippen molar-refractivity contribution < 1.29 is 12.8 Å². The third-order valence-electron chi connectivity index (χ3n) is 3.31. The molecule has 1 aromatic carbocycles. The van der Waals surface area contributed by atoms with Gasteiger partial charge < -0.3 is 5.32 Å². The summed E-state index contributed by atoms with van der Waals surface area (Å²) in [6, 6.07) is 4.04. The topological polar surface area (TPSA) is 46.2 Å². The molecule has 0 aliphatic carbocycles. The van der Waals surface area contributed by atoms with Crippen molar-refractivity contribution in [3.63, 3.8) is 0 Å². The average Bonchev–Trinajstić information content (AvgIpc) is 2.64. The second-order valence-corrected chi connectivity index (χ2v) is 6.83. The van der Waals surface area contributed by atoms with E-state index in [4.69, 9.17) is 0 Å². The van der Waals surface area contributed by atoms with Crippen LogP contribution in [-0.4, -0.2) is 21.2 Å². The fourth-order valence-corrected chi connectivity index (χ4v) is 2.90. The van der Waals surface area contributed by atoms with Crippen molar-refractivity contribution in [2.45, 2.75) is 30.2 Å². The average molecular weight is 257 g/mol. The Balaban J connectivity index is 2.52. The molecule has 3 nitrogen and oxygen atoms in total. The third kappa shape index (κ3) is 2.50. The highest BCUT2D eigenvalue weighted by Crippen LogP contribution is 2.32. The lowest BCUT2D eigenvalue weighted by molar-refractivity contribution is 0.430. The number of rotatable bonds is 2. The molecule has 1 aliphatic heterocycles. The van der Waals surface area contributed by atoms with E-state index in [0.29, 0.717) is 5.56 Å². The van der Waals surface area contributed by atoms with Crippen LogP contribution < -0.4 is 5.32 Å². The van der Waals surface area contributed by atoms with Crippen LogP contribution >= 0.6 is 0 Å². The van der Waals surface area contributed by atoms with Crippen LogP contribution in [0, 0.1) is 5.82 Å². The summed E-state index contributed by atoms with van der Waals surface area (Å²) in [5.74, 6) is -0.502. The van der Waals surface area contributed by atoms with Gasteiger partial charge in [0.15, 0.2) is 9.84 Å². The summed E-state index contributed by atoms with van der Waals surface area (Å²) in [5.41, 5.74) is 0.386. The zero-order valence-corrected chi connectivity index (χ0v) is 10.8. The van der Waals surface area contributed by atoms with Crippen LogP contribution in [0.25, 0.3) is 0 Å². The van der Waals surface area contributed by atoms with Crippen molar-refractivity contribution in [1.29, 1.82) is 0 Å². The molecule has 0 spiro atoms. The molecule has 0 saturated carbocycles. The van der Waals surface area contributed by atoms with Crippen LogP contribution in [0.5, 0.6) is 0 Å². The summed E-state index contributed by atoms with van der Waals surface area (Å²) in [6.45, 7) is 2.85. The van der Waals surface area contributed by atoms with Crippen LogP contribution in [0.15, 0.2) is 23.1 Å². The van der Waals surface area contributed by atoms with E-state index >= 15 is 0 Å². The SMILES string of the molecule is CC1(c2cc(F)cc(S(C)(=O)=O)c2)CCCN1. The lowest BCUT2D eigenvalue weighted by Crippen LogP contribution is -2.33. The van der Waals surface area contributed by atoms with Crippen LogP contribution in [0.4, 0.5) is 4.39 Å². The Morgan fingerprint density at radius 2 is 2.06 bits per heavy atom. The van der Waals surface area contributed by atoms with Crippen molar-refractivity contribution >= 4 is 9.84 Å². The van der Waals surface area contributed by atoms with Gasteiger partial charge in [0.1, 0.15) is 5.82 Å². The molecule has 1 aromatic rings. The first-order chi connectivity index (χ1) is 7.81. The Kier molecular flexibility index (Phi) is 2.99. The van der Waals surface area contributed by atoms with Gasteiger partial charge in [-0.15, -0.1) is 0 Å². The van der Waals surface area contributed by atoms with Crippen LogP contribution in [0.2, 0.25) is 0 Å². The normalized spacial score (nSPS) is 25.1. The van der Waals surface area contributed by atoms with Crippen molar-refractivity contribution in [1.82, 2.24) is 5.32 Å². The molecule has 1 N–H and O–H groups in total. The molecule has 1 aliphatic rings. The summed E-state index contributed by atoms with van der Waals surface area (Å²) in [5, 5.41) is 3.29. The van der Waals surface area contributed by atoms with Gasteiger partial charge in [-0.25, -0.2) is 12.8 Å². The summed E-state index contributed by atoms with van der Waals surface area (Å²) >= 11 is 0. The molecule has 2 rings (SSSR count). The molecule has 1 fully saturated rings. The van der Waals surface area contributed by atoms with E-state index in [1.807, 2.05) is 6.92 Å². The fraction of sp³-hybridized carbons (Fsp3) is 0.500. The van der Waals surface area contributed by atoms with Gasteiger partial charge in [-0.2, -0.15) is 0 Å². The Morgan fingerprint density at radius 3 is 2.59 bits per heavy atom. The molecule has 17 heavy (non-hydrogen) atoms. The number of benzene rings is 1. The van der Waals surface area contributed by atoms with Gasteiger partial charge in [-0.05, 0) is 50.1 Å². The molecule has 0 amide bonds. The van der Waals surface area contributed by atoms with E-state index in [-0.39, 0.29) is 10.4 Å². The predicted molar refractivity (Wildman–Crippen MR) is 64.1 cm³/mol. The number of sulfone groups is 1. The lowest BCUT2D eigenvalue weighted by atomic mass is 9.90. The zero-order valence-electron chi connectivity index (χ0n) is 9.96. The minimum atomic E-state index is -3.37. The van der Waals surface area contributed by atoms with Gasteiger partial charge in [0.05, 0.1) is 4.90 Å². The molecule has 0 radical (unpaired) electrons. The van der Waals surface area contributed by atoms with Crippen LogP contribution in [0.1, 0.15) is 25.3 Å². The van der Waals surface area contributed by atoms with Crippen molar-refractivity contribution in [2.75, 3.05) is 12.8 Å². The predicted octanol–water partition coefficient (Wildman–Crippen LogP) is 1.83. The number of hydrogen-bond acceptors (Lipinski definition) is 3. The Morgan fingerprint density at radius 1 is 1.35 bits per heavy atom. The smallest absolute Gasteiger partial charge is 0.175 e. The third-order valence-corrected chi connectivity index (χ3v) is 4.40. The van der Waals surface area contributed by atoms with E-state index in [1.165, 1.54) is 6.07 Å². The molecule has 5 heteroatoms. The molecule has 1 saturated heterocycles. The molecular formula is C12H16FNO2S. The first-order valence-electron chi connectivity index (χ1n) is 5.57. The highest BCUT2D eigenvalue weighted by molar-refractivity contribution is 7.90. The van der Waals surface area contributed by atoms with E-state index in [9.17, 15) is 12.8 Å². The second kappa shape index (κ2) is 4.07. The molecule has 1 heterocycles. The van der Waals surface area contributed by atoms with Gasteiger partial charge in [0.25, 0.3) is 0 Å². The van der Waals surface area contributed by atoms with Gasteiger partial charge >= 0.3 is 0 Å². The zero-order chi connectivity index (χ0) is 12.7. The Bertz CT molecular complexity index is 533. The molecule has 1 atom stereocenters. The standard InChI is InChI=1S/C12H16FNO2S/c1-12(4-3-5-14-12)9-6-10(13)8-11(7-9)17(2,15)16/h6-8,14H,3-5H2,1-2H3. The maximum atomic E-state index is 13.5. The number of nitrogens with one attached hydrogen (secondary N) is 1. The van der Waals surface area contributed by atoms with Crippen molar-refractivity contribution in [3.05, 3.63) is 29.6 Å². The fourth-order valence-electron chi connectivity index (χ4n) is 2.24. The summed E-state index contributed by atoms with van der Waals surface area (Å²) < 4.78 is 36.4. The van der Waals surface area contributed by atoms with E-state index in [1.54, 1.807) is 6.07 Å². The maximum absolute atomic E-state index is 13.5. The summed E-state index contributed by atoms with van der Waals surface area (Å²) in [6.07, 6.45) is 3.00. The van der Waals surface area contributed by atoms with E-state index < -0.39 is 15.7 Å². The first kappa shape index (κ1) is 12.5. The van der Waals surface area contributed by atoms with E-state index in [2.05, 4.69) is 5.32 Å². The number of halogens is 1. The van der Waals surface area contributed by atoms with Gasteiger partial charge in [0, 0.05) is 11.8 Å². The Hall–Kier alpha value is -0.940.